The van der Waals surface area contributed by atoms with E-state index >= 15 is 0 Å². The minimum absolute atomic E-state index is 0.301. The molecular weight excluding hydrogens is 251 g/mol. The third-order valence-electron chi connectivity index (χ3n) is 2.47. The summed E-state index contributed by atoms with van der Waals surface area (Å²) >= 11 is 5.98. The molecule has 0 aliphatic heterocycles. The second kappa shape index (κ2) is 5.65. The molecule has 0 radical (unpaired) electrons. The van der Waals surface area contributed by atoms with Crippen LogP contribution in [0, 0.1) is 12.7 Å². The minimum Gasteiger partial charge on any atom is -0.278 e. The minimum atomic E-state index is -0.301. The monoisotopic (exact) mass is 262 g/mol. The van der Waals surface area contributed by atoms with Gasteiger partial charge in [0, 0.05) is 10.6 Å². The molecule has 0 saturated heterocycles. The summed E-state index contributed by atoms with van der Waals surface area (Å²) in [4.78, 5) is 0. The van der Waals surface area contributed by atoms with Crippen LogP contribution in [-0.4, -0.2) is 6.21 Å². The summed E-state index contributed by atoms with van der Waals surface area (Å²) in [6.45, 7) is 1.93. The van der Waals surface area contributed by atoms with Gasteiger partial charge in [-0.2, -0.15) is 5.10 Å². The summed E-state index contributed by atoms with van der Waals surface area (Å²) in [6, 6.07) is 12.0. The highest BCUT2D eigenvalue weighted by atomic mass is 35.5. The second-order valence-corrected chi connectivity index (χ2v) is 4.26. The maximum absolute atomic E-state index is 13.3. The van der Waals surface area contributed by atoms with Crippen molar-refractivity contribution in [3.05, 3.63) is 64.4 Å². The standard InChI is InChI=1S/C14H12ClFN2/c1-10-6-7-12(8-13(10)15)18-17-9-11-4-2-3-5-14(11)16/h2-9,18H,1H3/b17-9-. The molecule has 0 atom stereocenters. The molecule has 0 saturated carbocycles. The van der Waals surface area contributed by atoms with Crippen LogP contribution in [0.3, 0.4) is 0 Å². The highest BCUT2D eigenvalue weighted by Gasteiger charge is 1.97. The molecule has 0 unspecified atom stereocenters. The Balaban J connectivity index is 2.07. The first-order chi connectivity index (χ1) is 8.66. The predicted molar refractivity (Wildman–Crippen MR) is 73.8 cm³/mol. The number of halogens is 2. The zero-order chi connectivity index (χ0) is 13.0. The van der Waals surface area contributed by atoms with Gasteiger partial charge >= 0.3 is 0 Å². The summed E-state index contributed by atoms with van der Waals surface area (Å²) in [6.07, 6.45) is 1.43. The molecule has 4 heteroatoms. The SMILES string of the molecule is Cc1ccc(N/N=C\c2ccccc2F)cc1Cl. The molecule has 0 bridgehead atoms. The largest absolute Gasteiger partial charge is 0.278 e. The van der Waals surface area contributed by atoms with E-state index in [9.17, 15) is 4.39 Å². The Kier molecular flexibility index (Phi) is 3.95. The van der Waals surface area contributed by atoms with Gasteiger partial charge in [0.15, 0.2) is 0 Å². The third kappa shape index (κ3) is 3.08. The van der Waals surface area contributed by atoms with Gasteiger partial charge in [-0.05, 0) is 30.7 Å². The normalized spacial score (nSPS) is 10.8. The van der Waals surface area contributed by atoms with Crippen molar-refractivity contribution in [2.24, 2.45) is 5.10 Å². The molecule has 0 heterocycles. The molecule has 2 aromatic carbocycles. The Bertz CT molecular complexity index is 582. The number of hydrogen-bond acceptors (Lipinski definition) is 2. The van der Waals surface area contributed by atoms with E-state index in [1.165, 1.54) is 12.3 Å². The summed E-state index contributed by atoms with van der Waals surface area (Å²) in [5.41, 5.74) is 5.00. The summed E-state index contributed by atoms with van der Waals surface area (Å²) in [5.74, 6) is -0.301. The van der Waals surface area contributed by atoms with Gasteiger partial charge in [0.05, 0.1) is 11.9 Å². The van der Waals surface area contributed by atoms with Crippen LogP contribution >= 0.6 is 11.6 Å². The van der Waals surface area contributed by atoms with E-state index in [1.807, 2.05) is 19.1 Å². The van der Waals surface area contributed by atoms with Crippen LogP contribution in [0.25, 0.3) is 0 Å². The molecule has 0 aliphatic rings. The van der Waals surface area contributed by atoms with Gasteiger partial charge in [-0.1, -0.05) is 35.9 Å². The zero-order valence-electron chi connectivity index (χ0n) is 9.82. The number of nitrogens with zero attached hydrogens (tertiary/aromatic N) is 1. The van der Waals surface area contributed by atoms with Crippen molar-refractivity contribution in [3.8, 4) is 0 Å². The maximum atomic E-state index is 13.3. The van der Waals surface area contributed by atoms with Crippen LogP contribution in [0.15, 0.2) is 47.6 Å². The van der Waals surface area contributed by atoms with Gasteiger partial charge in [-0.15, -0.1) is 0 Å². The Labute approximate surface area is 110 Å². The Morgan fingerprint density at radius 3 is 2.72 bits per heavy atom. The highest BCUT2D eigenvalue weighted by molar-refractivity contribution is 6.31. The molecular formula is C14H12ClFN2. The van der Waals surface area contributed by atoms with Crippen molar-refractivity contribution in [2.45, 2.75) is 6.92 Å². The molecule has 2 aromatic rings. The van der Waals surface area contributed by atoms with Gasteiger partial charge in [-0.3, -0.25) is 5.43 Å². The van der Waals surface area contributed by atoms with Crippen LogP contribution in [0.4, 0.5) is 10.1 Å². The number of nitrogens with one attached hydrogen (secondary N) is 1. The van der Waals surface area contributed by atoms with Crippen LogP contribution in [0.5, 0.6) is 0 Å². The lowest BCUT2D eigenvalue weighted by Crippen LogP contribution is -1.93. The summed E-state index contributed by atoms with van der Waals surface area (Å²) in [7, 11) is 0. The molecule has 1 N–H and O–H groups in total. The zero-order valence-corrected chi connectivity index (χ0v) is 10.6. The van der Waals surface area contributed by atoms with E-state index in [2.05, 4.69) is 10.5 Å². The molecule has 0 fully saturated rings. The number of rotatable bonds is 3. The molecule has 0 spiro atoms. The van der Waals surface area contributed by atoms with Gasteiger partial charge in [0.1, 0.15) is 5.82 Å². The van der Waals surface area contributed by atoms with Crippen molar-refractivity contribution in [2.75, 3.05) is 5.43 Å². The third-order valence-corrected chi connectivity index (χ3v) is 2.88. The Hall–Kier alpha value is -1.87. The lowest BCUT2D eigenvalue weighted by atomic mass is 10.2. The van der Waals surface area contributed by atoms with Crippen molar-refractivity contribution in [1.82, 2.24) is 0 Å². The lowest BCUT2D eigenvalue weighted by Gasteiger charge is -2.02. The van der Waals surface area contributed by atoms with Crippen molar-refractivity contribution >= 4 is 23.5 Å². The van der Waals surface area contributed by atoms with Gasteiger partial charge in [0.25, 0.3) is 0 Å². The first-order valence-electron chi connectivity index (χ1n) is 5.46. The van der Waals surface area contributed by atoms with E-state index < -0.39 is 0 Å². The van der Waals surface area contributed by atoms with Crippen LogP contribution < -0.4 is 5.43 Å². The number of benzene rings is 2. The van der Waals surface area contributed by atoms with Gasteiger partial charge in [-0.25, -0.2) is 4.39 Å². The molecule has 0 aliphatic carbocycles. The first kappa shape index (κ1) is 12.6. The van der Waals surface area contributed by atoms with Gasteiger partial charge in [0.2, 0.25) is 0 Å². The quantitative estimate of drug-likeness (QED) is 0.650. The average molecular weight is 263 g/mol. The van der Waals surface area contributed by atoms with E-state index in [1.54, 1.807) is 24.3 Å². The Morgan fingerprint density at radius 2 is 2.00 bits per heavy atom. The summed E-state index contributed by atoms with van der Waals surface area (Å²) < 4.78 is 13.3. The molecule has 2 nitrogen and oxygen atoms in total. The number of anilines is 1. The second-order valence-electron chi connectivity index (χ2n) is 3.86. The van der Waals surface area contributed by atoms with E-state index in [0.29, 0.717) is 10.6 Å². The highest BCUT2D eigenvalue weighted by Crippen LogP contribution is 2.19. The molecule has 18 heavy (non-hydrogen) atoms. The fraction of sp³-hybridized carbons (Fsp3) is 0.0714. The molecule has 0 aromatic heterocycles. The topological polar surface area (TPSA) is 24.4 Å². The van der Waals surface area contributed by atoms with E-state index in [-0.39, 0.29) is 5.82 Å². The predicted octanol–water partition coefficient (Wildman–Crippen LogP) is 4.23. The van der Waals surface area contributed by atoms with Crippen molar-refractivity contribution in [1.29, 1.82) is 0 Å². The maximum Gasteiger partial charge on any atom is 0.132 e. The summed E-state index contributed by atoms with van der Waals surface area (Å²) in [5, 5.41) is 4.64. The van der Waals surface area contributed by atoms with Crippen LogP contribution in [0.1, 0.15) is 11.1 Å². The van der Waals surface area contributed by atoms with Gasteiger partial charge < -0.3 is 0 Å². The smallest absolute Gasteiger partial charge is 0.132 e. The van der Waals surface area contributed by atoms with Crippen LogP contribution in [-0.2, 0) is 0 Å². The molecule has 0 amide bonds. The lowest BCUT2D eigenvalue weighted by molar-refractivity contribution is 0.626. The number of hydrazone groups is 1. The average Bonchev–Trinajstić information content (AvgIpc) is 2.36. The van der Waals surface area contributed by atoms with Crippen molar-refractivity contribution < 1.29 is 4.39 Å². The Morgan fingerprint density at radius 1 is 1.22 bits per heavy atom. The van der Waals surface area contributed by atoms with E-state index in [4.69, 9.17) is 11.6 Å². The number of aryl methyl sites for hydroxylation is 1. The number of hydrogen-bond donors (Lipinski definition) is 1. The molecule has 2 rings (SSSR count). The molecule has 92 valence electrons. The first-order valence-corrected chi connectivity index (χ1v) is 5.84. The van der Waals surface area contributed by atoms with Crippen LogP contribution in [0.2, 0.25) is 5.02 Å². The van der Waals surface area contributed by atoms with E-state index in [0.717, 1.165) is 11.3 Å². The van der Waals surface area contributed by atoms with Crippen molar-refractivity contribution in [3.63, 3.8) is 0 Å². The fourth-order valence-corrected chi connectivity index (χ4v) is 1.60. The fourth-order valence-electron chi connectivity index (χ4n) is 1.42.